The fourth-order valence-electron chi connectivity index (χ4n) is 2.36. The molecule has 1 amide bonds. The van der Waals surface area contributed by atoms with Crippen molar-refractivity contribution in [3.05, 3.63) is 34.9 Å². The number of hydrogen-bond acceptors (Lipinski definition) is 5. The quantitative estimate of drug-likeness (QED) is 0.824. The van der Waals surface area contributed by atoms with Gasteiger partial charge in [-0.15, -0.1) is 5.10 Å². The van der Waals surface area contributed by atoms with Gasteiger partial charge in [-0.05, 0) is 60.7 Å². The van der Waals surface area contributed by atoms with Crippen molar-refractivity contribution in [2.24, 2.45) is 0 Å². The lowest BCUT2D eigenvalue weighted by Crippen LogP contribution is -2.28. The van der Waals surface area contributed by atoms with Crippen LogP contribution in [0.3, 0.4) is 0 Å². The summed E-state index contributed by atoms with van der Waals surface area (Å²) in [5.74, 6) is 0.313. The summed E-state index contributed by atoms with van der Waals surface area (Å²) >= 11 is 1.39. The highest BCUT2D eigenvalue weighted by molar-refractivity contribution is 7.99. The van der Waals surface area contributed by atoms with E-state index in [1.54, 1.807) is 0 Å². The number of benzene rings is 1. The third-order valence-electron chi connectivity index (χ3n) is 4.10. The minimum Gasteiger partial charge on any atom is -0.349 e. The van der Waals surface area contributed by atoms with Gasteiger partial charge in [-0.3, -0.25) is 4.79 Å². The predicted octanol–water partition coefficient (Wildman–Crippen LogP) is 2.59. The molecule has 2 aromatic rings. The zero-order valence-corrected chi connectivity index (χ0v) is 14.4. The Hall–Kier alpha value is -1.89. The monoisotopic (exact) mass is 331 g/mol. The molecule has 1 saturated carbocycles. The molecule has 1 N–H and O–H groups in total. The minimum absolute atomic E-state index is 0.00826. The number of aromatic nitrogens is 4. The molecule has 1 heterocycles. The van der Waals surface area contributed by atoms with E-state index < -0.39 is 0 Å². The number of aryl methyl sites for hydroxylation is 2. The van der Waals surface area contributed by atoms with Gasteiger partial charge in [0.05, 0.1) is 17.8 Å². The van der Waals surface area contributed by atoms with Crippen molar-refractivity contribution in [3.63, 3.8) is 0 Å². The van der Waals surface area contributed by atoms with Crippen LogP contribution in [0, 0.1) is 13.8 Å². The highest BCUT2D eigenvalue weighted by Crippen LogP contribution is 2.36. The lowest BCUT2D eigenvalue weighted by atomic mass is 10.0. The summed E-state index contributed by atoms with van der Waals surface area (Å²) in [6.07, 6.45) is 2.24. The van der Waals surface area contributed by atoms with Crippen LogP contribution in [0.5, 0.6) is 0 Å². The Balaban J connectivity index is 1.54. The van der Waals surface area contributed by atoms with Gasteiger partial charge >= 0.3 is 0 Å². The van der Waals surface area contributed by atoms with Gasteiger partial charge in [-0.1, -0.05) is 30.0 Å². The van der Waals surface area contributed by atoms with Gasteiger partial charge in [0.25, 0.3) is 0 Å². The Kier molecular flexibility index (Phi) is 4.66. The Bertz CT molecular complexity index is 710. The first kappa shape index (κ1) is 16.0. The summed E-state index contributed by atoms with van der Waals surface area (Å²) < 4.78 is 1.82. The van der Waals surface area contributed by atoms with Crippen LogP contribution in [-0.4, -0.2) is 31.9 Å². The van der Waals surface area contributed by atoms with Crippen molar-refractivity contribution in [1.29, 1.82) is 0 Å². The lowest BCUT2D eigenvalue weighted by molar-refractivity contribution is -0.119. The maximum absolute atomic E-state index is 12.2. The van der Waals surface area contributed by atoms with E-state index in [1.807, 2.05) is 11.6 Å². The van der Waals surface area contributed by atoms with Crippen molar-refractivity contribution >= 4 is 17.7 Å². The highest BCUT2D eigenvalue weighted by atomic mass is 32.2. The third-order valence-corrected chi connectivity index (χ3v) is 5.03. The van der Waals surface area contributed by atoms with E-state index in [-0.39, 0.29) is 11.9 Å². The number of carbonyl (C=O) groups excluding carboxylic acids is 1. The highest BCUT2D eigenvalue weighted by Gasteiger charge is 2.28. The molecule has 7 heteroatoms. The van der Waals surface area contributed by atoms with Gasteiger partial charge in [0.15, 0.2) is 0 Å². The second-order valence-electron chi connectivity index (χ2n) is 6.06. The van der Waals surface area contributed by atoms with Gasteiger partial charge in [-0.25, -0.2) is 4.68 Å². The fourth-order valence-corrected chi connectivity index (χ4v) is 3.11. The second-order valence-corrected chi connectivity index (χ2v) is 7.00. The van der Waals surface area contributed by atoms with Crippen LogP contribution in [0.15, 0.2) is 23.4 Å². The number of thioether (sulfide) groups is 1. The molecule has 122 valence electrons. The summed E-state index contributed by atoms with van der Waals surface area (Å²) in [6, 6.07) is 6.69. The summed E-state index contributed by atoms with van der Waals surface area (Å²) in [5.41, 5.74) is 3.62. The molecule has 0 spiro atoms. The Morgan fingerprint density at radius 2 is 2.17 bits per heavy atom. The third kappa shape index (κ3) is 3.90. The molecule has 1 atom stereocenters. The van der Waals surface area contributed by atoms with Crippen molar-refractivity contribution < 1.29 is 4.79 Å². The van der Waals surface area contributed by atoms with Crippen molar-refractivity contribution in [2.45, 2.75) is 50.9 Å². The van der Waals surface area contributed by atoms with Crippen LogP contribution >= 0.6 is 11.8 Å². The van der Waals surface area contributed by atoms with E-state index in [2.05, 4.69) is 52.9 Å². The minimum atomic E-state index is -0.0122. The molecular formula is C16H21N5OS. The molecule has 1 aliphatic carbocycles. The lowest BCUT2D eigenvalue weighted by Gasteiger charge is -2.15. The molecule has 1 aromatic heterocycles. The zero-order chi connectivity index (χ0) is 16.4. The van der Waals surface area contributed by atoms with E-state index in [9.17, 15) is 4.79 Å². The summed E-state index contributed by atoms with van der Waals surface area (Å²) in [4.78, 5) is 12.2. The molecule has 23 heavy (non-hydrogen) atoms. The standard InChI is InChI=1S/C16H21N5OS/c1-10-4-5-13(8-11(10)2)12(3)17-15(22)9-23-16-18-19-20-21(16)14-6-7-14/h4-5,8,12,14H,6-7,9H2,1-3H3,(H,17,22). The number of hydrogen-bond donors (Lipinski definition) is 1. The van der Waals surface area contributed by atoms with Crippen LogP contribution in [0.2, 0.25) is 0 Å². The maximum Gasteiger partial charge on any atom is 0.230 e. The first-order valence-electron chi connectivity index (χ1n) is 7.82. The Morgan fingerprint density at radius 3 is 2.87 bits per heavy atom. The molecule has 1 aromatic carbocycles. The maximum atomic E-state index is 12.2. The summed E-state index contributed by atoms with van der Waals surface area (Å²) in [7, 11) is 0. The Morgan fingerprint density at radius 1 is 1.39 bits per heavy atom. The number of nitrogens with one attached hydrogen (secondary N) is 1. The van der Waals surface area contributed by atoms with Gasteiger partial charge in [0, 0.05) is 0 Å². The molecule has 0 bridgehead atoms. The zero-order valence-electron chi connectivity index (χ0n) is 13.6. The van der Waals surface area contributed by atoms with Gasteiger partial charge in [0.1, 0.15) is 0 Å². The first-order valence-corrected chi connectivity index (χ1v) is 8.80. The number of nitrogens with zero attached hydrogens (tertiary/aromatic N) is 4. The van der Waals surface area contributed by atoms with Crippen LogP contribution < -0.4 is 5.32 Å². The second kappa shape index (κ2) is 6.70. The molecule has 1 fully saturated rings. The van der Waals surface area contributed by atoms with Crippen molar-refractivity contribution in [2.75, 3.05) is 5.75 Å². The molecule has 0 radical (unpaired) electrons. The fraction of sp³-hybridized carbons (Fsp3) is 0.500. The largest absolute Gasteiger partial charge is 0.349 e. The molecule has 3 rings (SSSR count). The van der Waals surface area contributed by atoms with E-state index in [0.717, 1.165) is 23.6 Å². The predicted molar refractivity (Wildman–Crippen MR) is 89.3 cm³/mol. The van der Waals surface area contributed by atoms with Crippen LogP contribution in [0.1, 0.15) is 48.5 Å². The van der Waals surface area contributed by atoms with Crippen LogP contribution in [0.25, 0.3) is 0 Å². The average Bonchev–Trinajstić information content (AvgIpc) is 3.26. The SMILES string of the molecule is Cc1ccc(C(C)NC(=O)CSc2nnnn2C2CC2)cc1C. The number of carbonyl (C=O) groups is 1. The van der Waals surface area contributed by atoms with Gasteiger partial charge < -0.3 is 5.32 Å². The van der Waals surface area contributed by atoms with E-state index >= 15 is 0 Å². The smallest absolute Gasteiger partial charge is 0.230 e. The number of tetrazole rings is 1. The molecule has 1 aliphatic rings. The van der Waals surface area contributed by atoms with Gasteiger partial charge in [0.2, 0.25) is 11.1 Å². The van der Waals surface area contributed by atoms with E-state index in [0.29, 0.717) is 11.8 Å². The molecule has 0 saturated heterocycles. The van der Waals surface area contributed by atoms with E-state index in [1.165, 1.54) is 22.9 Å². The Labute approximate surface area is 140 Å². The molecule has 0 aliphatic heterocycles. The molecular weight excluding hydrogens is 310 g/mol. The van der Waals surface area contributed by atoms with Crippen LogP contribution in [0.4, 0.5) is 0 Å². The van der Waals surface area contributed by atoms with Gasteiger partial charge in [-0.2, -0.15) is 0 Å². The van der Waals surface area contributed by atoms with Crippen molar-refractivity contribution in [1.82, 2.24) is 25.5 Å². The normalized spacial score (nSPS) is 15.4. The van der Waals surface area contributed by atoms with E-state index in [4.69, 9.17) is 0 Å². The number of amides is 1. The average molecular weight is 331 g/mol. The topological polar surface area (TPSA) is 72.7 Å². The molecule has 1 unspecified atom stereocenters. The van der Waals surface area contributed by atoms with Crippen molar-refractivity contribution in [3.8, 4) is 0 Å². The summed E-state index contributed by atoms with van der Waals surface area (Å²) in [5, 5.41) is 15.4. The first-order chi connectivity index (χ1) is 11.0. The summed E-state index contributed by atoms with van der Waals surface area (Å²) in [6.45, 7) is 6.17. The number of rotatable bonds is 6. The van der Waals surface area contributed by atoms with Crippen LogP contribution in [-0.2, 0) is 4.79 Å². The molecule has 6 nitrogen and oxygen atoms in total.